The fourth-order valence-corrected chi connectivity index (χ4v) is 4.42. The van der Waals surface area contributed by atoms with E-state index in [1.54, 1.807) is 6.07 Å². The molecule has 0 spiro atoms. The Balaban J connectivity index is 1.25. The Bertz CT molecular complexity index is 1070. The summed E-state index contributed by atoms with van der Waals surface area (Å²) in [6.45, 7) is 2.04. The molecule has 3 heterocycles. The first kappa shape index (κ1) is 18.5. The Hall–Kier alpha value is -3.55. The molecule has 2 aromatic carbocycles. The molecule has 30 heavy (non-hydrogen) atoms. The fourth-order valence-electron chi connectivity index (χ4n) is 4.42. The summed E-state index contributed by atoms with van der Waals surface area (Å²) in [5.41, 5.74) is 3.32. The summed E-state index contributed by atoms with van der Waals surface area (Å²) >= 11 is 0. The lowest BCUT2D eigenvalue weighted by molar-refractivity contribution is 0.0505. The Morgan fingerprint density at radius 1 is 1.00 bits per heavy atom. The molecule has 0 bridgehead atoms. The Morgan fingerprint density at radius 3 is 2.63 bits per heavy atom. The minimum Gasteiger partial charge on any atom is -0.338 e. The van der Waals surface area contributed by atoms with Crippen molar-refractivity contribution in [1.29, 1.82) is 0 Å². The lowest BCUT2D eigenvalue weighted by Gasteiger charge is -2.40. The predicted molar refractivity (Wildman–Crippen MR) is 109 cm³/mol. The number of rotatable bonds is 3. The molecule has 2 amide bonds. The van der Waals surface area contributed by atoms with Gasteiger partial charge in [-0.1, -0.05) is 24.3 Å². The number of hydrogen-bond donors (Lipinski definition) is 0. The number of carbonyl (C=O) groups excluding carboxylic acids is 2. The van der Waals surface area contributed by atoms with Gasteiger partial charge in [0.1, 0.15) is 6.33 Å². The van der Waals surface area contributed by atoms with Crippen molar-refractivity contribution in [1.82, 2.24) is 30.0 Å². The Kier molecular flexibility index (Phi) is 4.74. The molecule has 5 rings (SSSR count). The number of aromatic nitrogens is 4. The first-order valence-corrected chi connectivity index (χ1v) is 10.2. The number of amides is 2. The summed E-state index contributed by atoms with van der Waals surface area (Å²) in [6, 6.07) is 15.4. The van der Waals surface area contributed by atoms with Gasteiger partial charge in [-0.05, 0) is 59.5 Å². The second-order valence-corrected chi connectivity index (χ2v) is 7.73. The van der Waals surface area contributed by atoms with Gasteiger partial charge in [-0.3, -0.25) is 9.59 Å². The van der Waals surface area contributed by atoms with Crippen LogP contribution in [0.1, 0.15) is 39.1 Å². The second-order valence-electron chi connectivity index (χ2n) is 7.73. The van der Waals surface area contributed by atoms with Crippen molar-refractivity contribution in [2.45, 2.75) is 25.3 Å². The van der Waals surface area contributed by atoms with E-state index < -0.39 is 0 Å². The van der Waals surface area contributed by atoms with E-state index in [2.05, 4.69) is 15.5 Å². The standard InChI is InChI=1S/C22H22N6O2/c29-21(17-5-3-6-19(14-17)28-15-23-24-25-28)26-11-9-18(10-12-26)27-13-8-16-4-1-2-7-20(16)22(27)30/h1-7,14-15,18H,8-13H2. The zero-order valence-electron chi connectivity index (χ0n) is 16.5. The summed E-state index contributed by atoms with van der Waals surface area (Å²) in [5, 5.41) is 11.2. The van der Waals surface area contributed by atoms with Crippen molar-refractivity contribution in [3.8, 4) is 5.69 Å². The molecule has 0 aliphatic carbocycles. The van der Waals surface area contributed by atoms with E-state index in [-0.39, 0.29) is 17.9 Å². The van der Waals surface area contributed by atoms with Gasteiger partial charge in [-0.15, -0.1) is 5.10 Å². The molecule has 8 heteroatoms. The van der Waals surface area contributed by atoms with E-state index in [0.717, 1.165) is 42.6 Å². The average molecular weight is 402 g/mol. The van der Waals surface area contributed by atoms with Crippen molar-refractivity contribution < 1.29 is 9.59 Å². The molecule has 0 saturated carbocycles. The van der Waals surface area contributed by atoms with E-state index in [0.29, 0.717) is 18.7 Å². The van der Waals surface area contributed by atoms with Gasteiger partial charge in [0.05, 0.1) is 5.69 Å². The van der Waals surface area contributed by atoms with Crippen LogP contribution in [-0.2, 0) is 6.42 Å². The summed E-state index contributed by atoms with van der Waals surface area (Å²) in [7, 11) is 0. The summed E-state index contributed by atoms with van der Waals surface area (Å²) in [6.07, 6.45) is 3.99. The summed E-state index contributed by atoms with van der Waals surface area (Å²) < 4.78 is 1.53. The number of carbonyl (C=O) groups is 2. The topological polar surface area (TPSA) is 84.2 Å². The Labute approximate surface area is 174 Å². The van der Waals surface area contributed by atoms with Crippen LogP contribution in [0.4, 0.5) is 0 Å². The van der Waals surface area contributed by atoms with Crippen LogP contribution in [-0.4, -0.2) is 67.5 Å². The SMILES string of the molecule is O=C(c1cccc(-n2cnnn2)c1)N1CCC(N2CCc3ccccc3C2=O)CC1. The van der Waals surface area contributed by atoms with Crippen molar-refractivity contribution in [3.63, 3.8) is 0 Å². The molecular formula is C22H22N6O2. The van der Waals surface area contributed by atoms with Gasteiger partial charge >= 0.3 is 0 Å². The van der Waals surface area contributed by atoms with Crippen molar-refractivity contribution >= 4 is 11.8 Å². The van der Waals surface area contributed by atoms with Gasteiger partial charge in [0.15, 0.2) is 0 Å². The zero-order chi connectivity index (χ0) is 20.5. The maximum Gasteiger partial charge on any atom is 0.254 e. The van der Waals surface area contributed by atoms with Crippen LogP contribution in [0.3, 0.4) is 0 Å². The smallest absolute Gasteiger partial charge is 0.254 e. The first-order chi connectivity index (χ1) is 14.7. The summed E-state index contributed by atoms with van der Waals surface area (Å²) in [5.74, 6) is 0.120. The summed E-state index contributed by atoms with van der Waals surface area (Å²) in [4.78, 5) is 29.8. The second kappa shape index (κ2) is 7.70. The van der Waals surface area contributed by atoms with Gasteiger partial charge in [0, 0.05) is 36.8 Å². The monoisotopic (exact) mass is 402 g/mol. The molecule has 3 aromatic rings. The largest absolute Gasteiger partial charge is 0.338 e. The van der Waals surface area contributed by atoms with Crippen molar-refractivity contribution in [2.24, 2.45) is 0 Å². The van der Waals surface area contributed by atoms with E-state index in [1.807, 2.05) is 52.3 Å². The molecule has 2 aliphatic heterocycles. The third kappa shape index (κ3) is 3.34. The highest BCUT2D eigenvalue weighted by Crippen LogP contribution is 2.25. The minimum atomic E-state index is -0.00121. The Morgan fingerprint density at radius 2 is 1.83 bits per heavy atom. The number of fused-ring (bicyclic) bond motifs is 1. The van der Waals surface area contributed by atoms with Crippen LogP contribution in [0.25, 0.3) is 5.69 Å². The first-order valence-electron chi connectivity index (χ1n) is 10.2. The van der Waals surface area contributed by atoms with Crippen LogP contribution in [0.5, 0.6) is 0 Å². The quantitative estimate of drug-likeness (QED) is 0.669. The number of piperidine rings is 1. The number of benzene rings is 2. The maximum absolute atomic E-state index is 13.0. The lowest BCUT2D eigenvalue weighted by Crippen LogP contribution is -2.50. The van der Waals surface area contributed by atoms with Gasteiger partial charge in [-0.2, -0.15) is 0 Å². The van der Waals surface area contributed by atoms with Gasteiger partial charge < -0.3 is 9.80 Å². The van der Waals surface area contributed by atoms with E-state index in [4.69, 9.17) is 0 Å². The number of nitrogens with zero attached hydrogens (tertiary/aromatic N) is 6. The molecule has 0 radical (unpaired) electrons. The zero-order valence-corrected chi connectivity index (χ0v) is 16.5. The lowest BCUT2D eigenvalue weighted by atomic mass is 9.94. The third-order valence-corrected chi connectivity index (χ3v) is 6.03. The highest BCUT2D eigenvalue weighted by molar-refractivity contribution is 5.97. The van der Waals surface area contributed by atoms with Crippen molar-refractivity contribution in [2.75, 3.05) is 19.6 Å². The van der Waals surface area contributed by atoms with Crippen LogP contribution in [0.2, 0.25) is 0 Å². The molecule has 1 saturated heterocycles. The predicted octanol–water partition coefficient (Wildman–Crippen LogP) is 1.97. The number of hydrogen-bond acceptors (Lipinski definition) is 5. The van der Waals surface area contributed by atoms with Crippen LogP contribution >= 0.6 is 0 Å². The van der Waals surface area contributed by atoms with Gasteiger partial charge in [-0.25, -0.2) is 4.68 Å². The normalized spacial score (nSPS) is 17.1. The molecule has 1 fully saturated rings. The highest BCUT2D eigenvalue weighted by atomic mass is 16.2. The van der Waals surface area contributed by atoms with Gasteiger partial charge in [0.25, 0.3) is 11.8 Å². The third-order valence-electron chi connectivity index (χ3n) is 6.03. The average Bonchev–Trinajstić information content (AvgIpc) is 3.35. The number of likely N-dealkylation sites (tertiary alicyclic amines) is 1. The van der Waals surface area contributed by atoms with Gasteiger partial charge in [0.2, 0.25) is 0 Å². The highest BCUT2D eigenvalue weighted by Gasteiger charge is 2.33. The molecular weight excluding hydrogens is 380 g/mol. The maximum atomic E-state index is 13.0. The molecule has 2 aliphatic rings. The van der Waals surface area contributed by atoms with E-state index >= 15 is 0 Å². The number of tetrazole rings is 1. The van der Waals surface area contributed by atoms with Crippen LogP contribution < -0.4 is 0 Å². The molecule has 0 atom stereocenters. The van der Waals surface area contributed by atoms with E-state index in [1.165, 1.54) is 11.0 Å². The van der Waals surface area contributed by atoms with Crippen molar-refractivity contribution in [3.05, 3.63) is 71.5 Å². The molecule has 152 valence electrons. The van der Waals surface area contributed by atoms with Crippen LogP contribution in [0.15, 0.2) is 54.9 Å². The molecule has 0 unspecified atom stereocenters. The minimum absolute atomic E-state index is 0.00121. The van der Waals surface area contributed by atoms with E-state index in [9.17, 15) is 9.59 Å². The fraction of sp³-hybridized carbons (Fsp3) is 0.318. The molecule has 1 aromatic heterocycles. The van der Waals surface area contributed by atoms with Crippen LogP contribution in [0, 0.1) is 0 Å². The molecule has 8 nitrogen and oxygen atoms in total. The molecule has 0 N–H and O–H groups in total.